The van der Waals surface area contributed by atoms with E-state index in [4.69, 9.17) is 14.2 Å². The Bertz CT molecular complexity index is 908. The van der Waals surface area contributed by atoms with E-state index in [-0.39, 0.29) is 17.1 Å². The summed E-state index contributed by atoms with van der Waals surface area (Å²) in [6.45, 7) is 8.44. The van der Waals surface area contributed by atoms with Gasteiger partial charge in [-0.05, 0) is 33.3 Å². The molecular formula is C21H22O7. The number of allylic oxidation sites excluding steroid dienone is 2. The lowest BCUT2D eigenvalue weighted by molar-refractivity contribution is -0.346. The first-order valence-electron chi connectivity index (χ1n) is 9.21. The van der Waals surface area contributed by atoms with E-state index in [0.29, 0.717) is 17.6 Å². The summed E-state index contributed by atoms with van der Waals surface area (Å²) >= 11 is 0. The van der Waals surface area contributed by atoms with Crippen molar-refractivity contribution in [1.82, 2.24) is 0 Å². The average Bonchev–Trinajstić information content (AvgIpc) is 2.93. The second-order valence-electron chi connectivity index (χ2n) is 7.92. The highest BCUT2D eigenvalue weighted by atomic mass is 16.7. The molecule has 5 atom stereocenters. The van der Waals surface area contributed by atoms with Gasteiger partial charge in [0.15, 0.2) is 5.78 Å². The van der Waals surface area contributed by atoms with E-state index in [2.05, 4.69) is 6.58 Å². The maximum atomic E-state index is 13.0. The highest BCUT2D eigenvalue weighted by Gasteiger charge is 2.76. The third-order valence-electron chi connectivity index (χ3n) is 6.50. The van der Waals surface area contributed by atoms with Gasteiger partial charge in [-0.15, -0.1) is 0 Å². The van der Waals surface area contributed by atoms with Gasteiger partial charge in [0, 0.05) is 34.6 Å². The minimum absolute atomic E-state index is 0.132. The fourth-order valence-corrected chi connectivity index (χ4v) is 4.62. The van der Waals surface area contributed by atoms with Crippen LogP contribution in [0.15, 0.2) is 47.3 Å². The third kappa shape index (κ3) is 2.16. The summed E-state index contributed by atoms with van der Waals surface area (Å²) in [5.41, 5.74) is -0.174. The first kappa shape index (κ1) is 18.7. The van der Waals surface area contributed by atoms with E-state index < -0.39 is 47.7 Å². The van der Waals surface area contributed by atoms with E-state index in [9.17, 15) is 19.5 Å². The van der Waals surface area contributed by atoms with E-state index in [1.165, 1.54) is 6.08 Å². The number of ketones is 1. The molecule has 0 aromatic carbocycles. The van der Waals surface area contributed by atoms with Gasteiger partial charge < -0.3 is 19.3 Å². The van der Waals surface area contributed by atoms with Crippen molar-refractivity contribution in [3.8, 4) is 0 Å². The van der Waals surface area contributed by atoms with Crippen LogP contribution >= 0.6 is 0 Å². The molecular weight excluding hydrogens is 364 g/mol. The molecule has 4 aliphatic rings. The van der Waals surface area contributed by atoms with Crippen LogP contribution in [0.1, 0.15) is 27.2 Å². The van der Waals surface area contributed by atoms with E-state index in [1.807, 2.05) is 0 Å². The van der Waals surface area contributed by atoms with Gasteiger partial charge in [0.05, 0.1) is 6.61 Å². The number of carbonyl (C=O) groups is 3. The predicted molar refractivity (Wildman–Crippen MR) is 96.3 cm³/mol. The fourth-order valence-electron chi connectivity index (χ4n) is 4.62. The van der Waals surface area contributed by atoms with Crippen LogP contribution in [0.25, 0.3) is 0 Å². The standard InChI is InChI=1S/C21H22O7/c1-5-10(2)18(24)28-21-13-8-20(21,4)16(23)7-14(27-21)12(9-22)6-15-17(13)11(3)19(25)26-15/h5-7,13,15,17,22H,3,8-9H2,1-2,4H3. The molecule has 0 radical (unpaired) electrons. The molecule has 148 valence electrons. The van der Waals surface area contributed by atoms with Crippen LogP contribution in [-0.4, -0.2) is 41.3 Å². The molecule has 2 fully saturated rings. The lowest BCUT2D eigenvalue weighted by Gasteiger charge is -2.62. The first-order chi connectivity index (χ1) is 13.2. The van der Waals surface area contributed by atoms with Crippen LogP contribution in [0.2, 0.25) is 0 Å². The molecule has 4 rings (SSSR count). The van der Waals surface area contributed by atoms with E-state index in [0.717, 1.165) is 0 Å². The molecule has 2 bridgehead atoms. The zero-order chi connectivity index (χ0) is 20.4. The topological polar surface area (TPSA) is 99.1 Å². The molecule has 1 saturated heterocycles. The summed E-state index contributed by atoms with van der Waals surface area (Å²) in [6, 6.07) is 0. The van der Waals surface area contributed by atoms with Crippen LogP contribution in [-0.2, 0) is 28.6 Å². The minimum Gasteiger partial charge on any atom is -0.454 e. The lowest BCUT2D eigenvalue weighted by atomic mass is 9.49. The largest absolute Gasteiger partial charge is 0.454 e. The molecule has 5 unspecified atom stereocenters. The molecule has 28 heavy (non-hydrogen) atoms. The normalized spacial score (nSPS) is 38.8. The molecule has 0 spiro atoms. The minimum atomic E-state index is -1.59. The number of fused-ring (bicyclic) bond motifs is 3. The van der Waals surface area contributed by atoms with Crippen molar-refractivity contribution in [1.29, 1.82) is 0 Å². The molecule has 0 amide bonds. The molecule has 0 aromatic rings. The Labute approximate surface area is 162 Å². The smallest absolute Gasteiger partial charge is 0.336 e. The molecule has 1 N–H and O–H groups in total. The molecule has 3 aliphatic heterocycles. The lowest BCUT2D eigenvalue weighted by Crippen LogP contribution is -2.73. The van der Waals surface area contributed by atoms with Gasteiger partial charge in [-0.25, -0.2) is 9.59 Å². The van der Waals surface area contributed by atoms with Gasteiger partial charge >= 0.3 is 11.9 Å². The predicted octanol–water partition coefficient (Wildman–Crippen LogP) is 1.73. The molecule has 7 heteroatoms. The molecule has 7 nitrogen and oxygen atoms in total. The summed E-state index contributed by atoms with van der Waals surface area (Å²) in [6.07, 6.45) is 4.21. The zero-order valence-corrected chi connectivity index (χ0v) is 16.0. The van der Waals surface area contributed by atoms with Crippen LogP contribution in [0.4, 0.5) is 0 Å². The number of carbonyl (C=O) groups excluding carboxylic acids is 3. The van der Waals surface area contributed by atoms with Crippen LogP contribution in [0.3, 0.4) is 0 Å². The number of rotatable bonds is 3. The van der Waals surface area contributed by atoms with Gasteiger partial charge in [-0.2, -0.15) is 0 Å². The number of esters is 2. The summed E-state index contributed by atoms with van der Waals surface area (Å²) in [4.78, 5) is 37.8. The van der Waals surface area contributed by atoms with Crippen LogP contribution in [0.5, 0.6) is 0 Å². The summed E-state index contributed by atoms with van der Waals surface area (Å²) < 4.78 is 17.4. The van der Waals surface area contributed by atoms with E-state index in [1.54, 1.807) is 32.9 Å². The van der Waals surface area contributed by atoms with E-state index >= 15 is 0 Å². The summed E-state index contributed by atoms with van der Waals surface area (Å²) in [5.74, 6) is -3.86. The molecule has 3 heterocycles. The number of aliphatic hydroxyl groups excluding tert-OH is 1. The Kier molecular flexibility index (Phi) is 3.94. The number of hydrogen-bond donors (Lipinski definition) is 1. The fraction of sp³-hybridized carbons (Fsp3) is 0.476. The monoisotopic (exact) mass is 386 g/mol. The second-order valence-corrected chi connectivity index (χ2v) is 7.92. The molecule has 0 aromatic heterocycles. The Morgan fingerprint density at radius 3 is 2.82 bits per heavy atom. The van der Waals surface area contributed by atoms with Gasteiger partial charge in [0.25, 0.3) is 5.79 Å². The third-order valence-corrected chi connectivity index (χ3v) is 6.50. The molecule has 1 aliphatic carbocycles. The highest BCUT2D eigenvalue weighted by Crippen LogP contribution is 2.66. The van der Waals surface area contributed by atoms with Crippen molar-refractivity contribution in [3.63, 3.8) is 0 Å². The van der Waals surface area contributed by atoms with Crippen molar-refractivity contribution in [2.45, 2.75) is 39.1 Å². The average molecular weight is 386 g/mol. The number of hydrogen-bond acceptors (Lipinski definition) is 7. The number of ether oxygens (including phenoxy) is 3. The highest BCUT2D eigenvalue weighted by molar-refractivity contribution is 6.00. The summed E-state index contributed by atoms with van der Waals surface area (Å²) in [5, 5.41) is 9.81. The van der Waals surface area contributed by atoms with Crippen molar-refractivity contribution in [2.24, 2.45) is 17.3 Å². The second kappa shape index (κ2) is 5.91. The van der Waals surface area contributed by atoms with Crippen LogP contribution in [0, 0.1) is 17.3 Å². The van der Waals surface area contributed by atoms with Crippen molar-refractivity contribution < 1.29 is 33.7 Å². The van der Waals surface area contributed by atoms with Crippen molar-refractivity contribution in [2.75, 3.05) is 6.61 Å². The zero-order valence-electron chi connectivity index (χ0n) is 16.0. The summed E-state index contributed by atoms with van der Waals surface area (Å²) in [7, 11) is 0. The van der Waals surface area contributed by atoms with Gasteiger partial charge in [-0.3, -0.25) is 4.79 Å². The van der Waals surface area contributed by atoms with Gasteiger partial charge in [0.2, 0.25) is 0 Å². The van der Waals surface area contributed by atoms with Crippen molar-refractivity contribution in [3.05, 3.63) is 47.3 Å². The maximum Gasteiger partial charge on any atom is 0.336 e. The van der Waals surface area contributed by atoms with Crippen LogP contribution < -0.4 is 0 Å². The SMILES string of the molecule is C=C1C(=O)OC2C=C(CO)C3=CC(=O)C4(C)CC(C12)C4(OC(=O)C(C)=CC)O3. The van der Waals surface area contributed by atoms with Crippen molar-refractivity contribution >= 4 is 17.7 Å². The number of aliphatic hydroxyl groups is 1. The Morgan fingerprint density at radius 1 is 1.46 bits per heavy atom. The Hall–Kier alpha value is -2.67. The van der Waals surface area contributed by atoms with Gasteiger partial charge in [-0.1, -0.05) is 12.7 Å². The first-order valence-corrected chi connectivity index (χ1v) is 9.21. The Balaban J connectivity index is 1.90. The quantitative estimate of drug-likeness (QED) is 0.582. The molecule has 1 saturated carbocycles. The maximum absolute atomic E-state index is 13.0. The Morgan fingerprint density at radius 2 is 2.18 bits per heavy atom. The van der Waals surface area contributed by atoms with Gasteiger partial charge in [0.1, 0.15) is 17.3 Å².